The minimum absolute atomic E-state index is 0.530. The molecule has 0 aromatic heterocycles. The van der Waals surface area contributed by atoms with Crippen LogP contribution in [0.15, 0.2) is 0 Å². The lowest BCUT2D eigenvalue weighted by molar-refractivity contribution is 0.148. The van der Waals surface area contributed by atoms with Gasteiger partial charge in [0, 0.05) is 17.3 Å². The Bertz CT molecular complexity index is 172. The maximum absolute atomic E-state index is 7.40. The molecule has 0 amide bonds. The van der Waals surface area contributed by atoms with E-state index in [1.807, 2.05) is 6.92 Å². The van der Waals surface area contributed by atoms with Crippen LogP contribution in [0.1, 0.15) is 57.4 Å². The number of hydrogen-bond acceptors (Lipinski definition) is 1. The Labute approximate surface area is 108 Å². The first-order valence-electron chi connectivity index (χ1n) is 8.82. The molecular formula is C14H32OSi. The Morgan fingerprint density at radius 3 is 1.94 bits per heavy atom. The minimum atomic E-state index is -1.35. The van der Waals surface area contributed by atoms with Gasteiger partial charge in [0.15, 0.2) is 0 Å². The predicted octanol–water partition coefficient (Wildman–Crippen LogP) is 5.09. The van der Waals surface area contributed by atoms with Gasteiger partial charge in [-0.25, -0.2) is 0 Å². The van der Waals surface area contributed by atoms with Gasteiger partial charge in [0.25, 0.3) is 0 Å². The first kappa shape index (κ1) is 11.3. The molecular weight excluding hydrogens is 212 g/mol. The van der Waals surface area contributed by atoms with Crippen LogP contribution in [0.3, 0.4) is 0 Å². The zero-order chi connectivity index (χ0) is 14.4. The van der Waals surface area contributed by atoms with Crippen molar-refractivity contribution in [2.75, 3.05) is 13.2 Å². The summed E-state index contributed by atoms with van der Waals surface area (Å²) in [7, 11) is -1.35. The van der Waals surface area contributed by atoms with Crippen molar-refractivity contribution >= 4 is 8.07 Å². The van der Waals surface area contributed by atoms with Crippen LogP contribution < -0.4 is 0 Å². The summed E-state index contributed by atoms with van der Waals surface area (Å²) in [6, 6.07) is 4.95. The van der Waals surface area contributed by atoms with Crippen molar-refractivity contribution in [3.05, 3.63) is 0 Å². The van der Waals surface area contributed by atoms with Crippen molar-refractivity contribution in [1.82, 2.24) is 0 Å². The van der Waals surface area contributed by atoms with Crippen LogP contribution in [0.5, 0.6) is 0 Å². The highest BCUT2D eigenvalue weighted by Gasteiger charge is 2.28. The second kappa shape index (κ2) is 10.3. The third kappa shape index (κ3) is 6.69. The molecule has 0 aliphatic heterocycles. The van der Waals surface area contributed by atoms with Gasteiger partial charge in [-0.15, -0.1) is 0 Å². The van der Waals surface area contributed by atoms with E-state index in [4.69, 9.17) is 8.85 Å². The van der Waals surface area contributed by atoms with Gasteiger partial charge in [0.2, 0.25) is 0 Å². The predicted molar refractivity (Wildman–Crippen MR) is 77.0 cm³/mol. The second-order valence-corrected chi connectivity index (χ2v) is 9.61. The summed E-state index contributed by atoms with van der Waals surface area (Å²) in [5.41, 5.74) is 0. The van der Waals surface area contributed by atoms with Gasteiger partial charge in [0.05, 0.1) is 8.07 Å². The first-order valence-corrected chi connectivity index (χ1v) is 9.53. The molecule has 0 fully saturated rings. The van der Waals surface area contributed by atoms with Crippen LogP contribution in [0, 0.1) is 0 Å². The van der Waals surface area contributed by atoms with E-state index in [9.17, 15) is 0 Å². The molecule has 0 aliphatic rings. The number of ether oxygens (including phenoxy) is 1. The highest BCUT2D eigenvalue weighted by molar-refractivity contribution is 6.79. The summed E-state index contributed by atoms with van der Waals surface area (Å²) in [6.07, 6.45) is 4.17. The molecule has 2 heteroatoms. The minimum Gasteiger partial charge on any atom is -0.382 e. The fourth-order valence-corrected chi connectivity index (χ4v) is 7.21. The van der Waals surface area contributed by atoms with Crippen LogP contribution in [0.25, 0.3) is 0 Å². The molecule has 0 N–H and O–H groups in total. The molecule has 0 spiro atoms. The van der Waals surface area contributed by atoms with Gasteiger partial charge >= 0.3 is 0 Å². The number of hydrogen-bond donors (Lipinski definition) is 0. The second-order valence-electron chi connectivity index (χ2n) is 4.61. The third-order valence-electron chi connectivity index (χ3n) is 3.32. The molecule has 0 rings (SSSR count). The fraction of sp³-hybridized carbons (Fsp3) is 1.00. The highest BCUT2D eigenvalue weighted by Crippen LogP contribution is 2.31. The van der Waals surface area contributed by atoms with E-state index in [1.54, 1.807) is 0 Å². The lowest BCUT2D eigenvalue weighted by Crippen LogP contribution is -2.33. The van der Waals surface area contributed by atoms with Crippen molar-refractivity contribution < 1.29 is 8.85 Å². The van der Waals surface area contributed by atoms with Crippen LogP contribution in [-0.2, 0) is 4.74 Å². The van der Waals surface area contributed by atoms with Crippen molar-refractivity contribution in [2.45, 2.75) is 77.5 Å². The molecule has 0 saturated heterocycles. The molecule has 0 saturated carbocycles. The van der Waals surface area contributed by atoms with Crippen molar-refractivity contribution in [3.63, 3.8) is 0 Å². The Balaban J connectivity index is 4.38. The largest absolute Gasteiger partial charge is 0.382 e. The number of rotatable bonds is 11. The van der Waals surface area contributed by atoms with Crippen molar-refractivity contribution in [1.29, 1.82) is 0 Å². The first-order chi connectivity index (χ1) is 9.24. The standard InChI is InChI=1S/C14H32OSi/c1-5-11-16(12-6-2,13-7-3)14-9-10-15-8-4/h5-14H2,1-4H3/i1T,2T,3T. The average molecular weight is 251 g/mol. The fourth-order valence-electron chi connectivity index (χ4n) is 2.57. The lowest BCUT2D eigenvalue weighted by Gasteiger charge is -2.31. The zero-order valence-electron chi connectivity index (χ0n) is 14.1. The van der Waals surface area contributed by atoms with Crippen LogP contribution in [0.4, 0.5) is 0 Å². The van der Waals surface area contributed by atoms with Gasteiger partial charge in [-0.2, -0.15) is 0 Å². The van der Waals surface area contributed by atoms with Gasteiger partial charge < -0.3 is 4.74 Å². The summed E-state index contributed by atoms with van der Waals surface area (Å²) >= 11 is 0. The third-order valence-corrected chi connectivity index (χ3v) is 8.98. The van der Waals surface area contributed by atoms with Crippen LogP contribution >= 0.6 is 0 Å². The summed E-state index contributed by atoms with van der Waals surface area (Å²) in [4.78, 5) is 0. The van der Waals surface area contributed by atoms with E-state index >= 15 is 0 Å². The Morgan fingerprint density at radius 1 is 0.938 bits per heavy atom. The topological polar surface area (TPSA) is 9.23 Å². The smallest absolute Gasteiger partial charge is 0.0536 e. The van der Waals surface area contributed by atoms with E-state index in [0.29, 0.717) is 20.7 Å². The molecule has 1 nitrogen and oxygen atoms in total. The van der Waals surface area contributed by atoms with Gasteiger partial charge in [0.1, 0.15) is 0 Å². The van der Waals surface area contributed by atoms with Crippen molar-refractivity contribution in [2.24, 2.45) is 0 Å². The van der Waals surface area contributed by atoms with Gasteiger partial charge in [-0.05, 0) is 13.3 Å². The van der Waals surface area contributed by atoms with E-state index in [1.165, 1.54) is 24.2 Å². The monoisotopic (exact) mass is 250 g/mol. The Hall–Kier alpha value is 0.177. The summed E-state index contributed by atoms with van der Waals surface area (Å²) in [5.74, 6) is 0. The maximum atomic E-state index is 7.40. The van der Waals surface area contributed by atoms with E-state index in [-0.39, 0.29) is 0 Å². The molecule has 0 aromatic rings. The normalized spacial score (nSPS) is 14.4. The van der Waals surface area contributed by atoms with E-state index in [2.05, 4.69) is 0 Å². The summed E-state index contributed by atoms with van der Waals surface area (Å²) < 4.78 is 27.7. The summed E-state index contributed by atoms with van der Waals surface area (Å²) in [5, 5.41) is 0. The van der Waals surface area contributed by atoms with E-state index in [0.717, 1.165) is 38.9 Å². The molecule has 0 bridgehead atoms. The van der Waals surface area contributed by atoms with Crippen LogP contribution in [-0.4, -0.2) is 21.3 Å². The molecule has 98 valence electrons. The van der Waals surface area contributed by atoms with E-state index < -0.39 is 8.07 Å². The van der Waals surface area contributed by atoms with Gasteiger partial charge in [-0.3, -0.25) is 0 Å². The lowest BCUT2D eigenvalue weighted by atomic mass is 10.5. The summed E-state index contributed by atoms with van der Waals surface area (Å²) in [6.45, 7) is 5.27. The molecule has 0 aromatic carbocycles. The maximum Gasteiger partial charge on any atom is 0.0536 e. The molecule has 16 heavy (non-hydrogen) atoms. The average Bonchev–Trinajstić information content (AvgIpc) is 2.44. The zero-order valence-corrected chi connectivity index (χ0v) is 12.1. The van der Waals surface area contributed by atoms with Gasteiger partial charge in [-0.1, -0.05) is 64.1 Å². The quantitative estimate of drug-likeness (QED) is 0.366. The Kier molecular flexibility index (Phi) is 7.29. The van der Waals surface area contributed by atoms with Crippen molar-refractivity contribution in [3.8, 4) is 0 Å². The molecule has 0 atom stereocenters. The molecule has 0 radical (unpaired) electrons. The molecule has 0 aliphatic carbocycles. The Morgan fingerprint density at radius 2 is 1.50 bits per heavy atom. The molecule has 0 heterocycles. The molecule has 0 unspecified atom stereocenters. The van der Waals surface area contributed by atoms with Crippen LogP contribution in [0.2, 0.25) is 24.2 Å². The SMILES string of the molecule is [3H]CCC[Si](CCC[3H])(CCC[3H])CCCOCC. The highest BCUT2D eigenvalue weighted by atomic mass is 28.3.